The number of benzene rings is 2. The number of likely N-dealkylation sites (N-methyl/N-ethyl adjacent to an activating group) is 1. The number of sulfonamides is 1. The summed E-state index contributed by atoms with van der Waals surface area (Å²) in [6.07, 6.45) is 0. The average molecular weight is 361 g/mol. The second-order valence-electron chi connectivity index (χ2n) is 5.69. The van der Waals surface area contributed by atoms with Gasteiger partial charge in [-0.3, -0.25) is 0 Å². The summed E-state index contributed by atoms with van der Waals surface area (Å²) in [7, 11) is -1.86. The van der Waals surface area contributed by atoms with Crippen molar-refractivity contribution in [2.24, 2.45) is 4.40 Å². The molecule has 0 saturated carbocycles. The third-order valence-electron chi connectivity index (χ3n) is 3.87. The van der Waals surface area contributed by atoms with E-state index in [-0.39, 0.29) is 4.91 Å². The highest BCUT2D eigenvalue weighted by atomic mass is 35.5. The van der Waals surface area contributed by atoms with Gasteiger partial charge in [-0.25, -0.2) is 0 Å². The van der Waals surface area contributed by atoms with Crippen LogP contribution in [0.3, 0.4) is 0 Å². The molecule has 1 aliphatic heterocycles. The van der Waals surface area contributed by atoms with Crippen LogP contribution in [0.4, 0.5) is 0 Å². The molecule has 0 bridgehead atoms. The lowest BCUT2D eigenvalue weighted by Gasteiger charge is -2.19. The molecule has 0 radical (unpaired) electrons. The van der Waals surface area contributed by atoms with Crippen LogP contribution in [-0.2, 0) is 16.6 Å². The van der Waals surface area contributed by atoms with Gasteiger partial charge in [0.2, 0.25) is 0 Å². The number of halogens is 1. The maximum Gasteiger partial charge on any atom is 0.285 e. The average Bonchev–Trinajstić information content (AvgIpc) is 2.79. The van der Waals surface area contributed by atoms with Gasteiger partial charge in [-0.1, -0.05) is 54.1 Å². The van der Waals surface area contributed by atoms with Crippen molar-refractivity contribution in [3.8, 4) is 0 Å². The van der Waals surface area contributed by atoms with Crippen molar-refractivity contribution >= 4 is 32.4 Å². The third kappa shape index (κ3) is 3.23. The number of amidine groups is 1. The smallest absolute Gasteiger partial charge is 0.285 e. The molecule has 1 aliphatic rings. The molecule has 0 aromatic heterocycles. The molecule has 6 heteroatoms. The first-order valence-electron chi connectivity index (χ1n) is 7.46. The third-order valence-corrected chi connectivity index (χ3v) is 5.59. The molecule has 0 atom stereocenters. The molecule has 0 saturated heterocycles. The first-order valence-corrected chi connectivity index (χ1v) is 9.27. The Hall–Kier alpha value is -2.11. The minimum Gasteiger partial charge on any atom is -0.354 e. The monoisotopic (exact) mass is 360 g/mol. The summed E-state index contributed by atoms with van der Waals surface area (Å²) in [4.78, 5) is 2.10. The molecule has 0 fully saturated rings. The minimum absolute atomic E-state index is 0.245. The topological polar surface area (TPSA) is 49.7 Å². The van der Waals surface area contributed by atoms with Gasteiger partial charge in [0.05, 0.1) is 0 Å². The van der Waals surface area contributed by atoms with Gasteiger partial charge in [0.15, 0.2) is 0 Å². The standard InChI is InChI=1S/C18H17ClN2O2S/c1-13-17(15-8-10-16(19)11-9-15)24(22,23)20-18(13)21(2)12-14-6-4-3-5-7-14/h3-11H,12H2,1-2H3. The summed E-state index contributed by atoms with van der Waals surface area (Å²) in [6.45, 7) is 2.37. The molecule has 0 aliphatic carbocycles. The fourth-order valence-corrected chi connectivity index (χ4v) is 4.41. The molecule has 0 N–H and O–H groups in total. The van der Waals surface area contributed by atoms with Gasteiger partial charge in [-0.2, -0.15) is 8.42 Å². The first-order chi connectivity index (χ1) is 11.4. The van der Waals surface area contributed by atoms with Gasteiger partial charge < -0.3 is 4.90 Å². The van der Waals surface area contributed by atoms with Crippen LogP contribution in [0.2, 0.25) is 5.02 Å². The lowest BCUT2D eigenvalue weighted by atomic mass is 10.1. The van der Waals surface area contributed by atoms with E-state index in [1.54, 1.807) is 31.2 Å². The molecular formula is C18H17ClN2O2S. The summed E-state index contributed by atoms with van der Waals surface area (Å²) in [5, 5.41) is 0.565. The van der Waals surface area contributed by atoms with E-state index >= 15 is 0 Å². The predicted octanol–water partition coefficient (Wildman–Crippen LogP) is 3.94. The van der Waals surface area contributed by atoms with E-state index < -0.39 is 10.0 Å². The number of rotatable bonds is 3. The van der Waals surface area contributed by atoms with Gasteiger partial charge in [-0.15, -0.1) is 4.40 Å². The van der Waals surface area contributed by atoms with Crippen molar-refractivity contribution in [1.29, 1.82) is 0 Å². The van der Waals surface area contributed by atoms with E-state index in [1.807, 2.05) is 42.3 Å². The first kappa shape index (κ1) is 16.7. The summed E-state index contributed by atoms with van der Waals surface area (Å²) in [5.74, 6) is 0.476. The Balaban J connectivity index is 1.96. The fraction of sp³-hybridized carbons (Fsp3) is 0.167. The molecule has 3 rings (SSSR count). The molecular weight excluding hydrogens is 344 g/mol. The van der Waals surface area contributed by atoms with Crippen molar-refractivity contribution in [3.05, 3.63) is 76.3 Å². The van der Waals surface area contributed by atoms with E-state index in [4.69, 9.17) is 11.6 Å². The maximum absolute atomic E-state index is 12.5. The number of hydrogen-bond donors (Lipinski definition) is 0. The highest BCUT2D eigenvalue weighted by molar-refractivity contribution is 8.00. The zero-order valence-electron chi connectivity index (χ0n) is 13.4. The Morgan fingerprint density at radius 2 is 1.67 bits per heavy atom. The SMILES string of the molecule is CC1=C(c2ccc(Cl)cc2)S(=O)(=O)N=C1N(C)Cc1ccccc1. The summed E-state index contributed by atoms with van der Waals surface area (Å²) in [5.41, 5.74) is 2.34. The molecule has 2 aromatic carbocycles. The second-order valence-corrected chi connectivity index (χ2v) is 7.67. The molecule has 0 unspecified atom stereocenters. The second kappa shape index (κ2) is 6.42. The fourth-order valence-electron chi connectivity index (χ4n) is 2.78. The molecule has 4 nitrogen and oxygen atoms in total. The summed E-state index contributed by atoms with van der Waals surface area (Å²) < 4.78 is 29.0. The molecule has 1 heterocycles. The highest BCUT2D eigenvalue weighted by Gasteiger charge is 2.32. The van der Waals surface area contributed by atoms with Crippen LogP contribution < -0.4 is 0 Å². The van der Waals surface area contributed by atoms with Crippen LogP contribution in [0, 0.1) is 0 Å². The summed E-state index contributed by atoms with van der Waals surface area (Å²) in [6, 6.07) is 16.6. The van der Waals surface area contributed by atoms with Crippen molar-refractivity contribution in [1.82, 2.24) is 4.90 Å². The lowest BCUT2D eigenvalue weighted by molar-refractivity contribution is 0.501. The largest absolute Gasteiger partial charge is 0.354 e. The van der Waals surface area contributed by atoms with Crippen LogP contribution in [-0.4, -0.2) is 26.2 Å². The Morgan fingerprint density at radius 1 is 1.04 bits per heavy atom. The van der Waals surface area contributed by atoms with E-state index in [2.05, 4.69) is 4.40 Å². The Morgan fingerprint density at radius 3 is 2.29 bits per heavy atom. The molecule has 24 heavy (non-hydrogen) atoms. The van der Waals surface area contributed by atoms with Crippen molar-refractivity contribution in [3.63, 3.8) is 0 Å². The molecule has 0 spiro atoms. The van der Waals surface area contributed by atoms with Crippen molar-refractivity contribution in [2.45, 2.75) is 13.5 Å². The van der Waals surface area contributed by atoms with E-state index in [9.17, 15) is 8.42 Å². The van der Waals surface area contributed by atoms with Gasteiger partial charge >= 0.3 is 0 Å². The predicted molar refractivity (Wildman–Crippen MR) is 98.3 cm³/mol. The highest BCUT2D eigenvalue weighted by Crippen LogP contribution is 2.34. The number of hydrogen-bond acceptors (Lipinski definition) is 3. The van der Waals surface area contributed by atoms with Gasteiger partial charge in [0, 0.05) is 24.2 Å². The number of nitrogens with zero attached hydrogens (tertiary/aromatic N) is 2. The Kier molecular flexibility index (Phi) is 4.47. The Bertz CT molecular complexity index is 917. The van der Waals surface area contributed by atoms with Gasteiger partial charge in [0.1, 0.15) is 10.7 Å². The summed E-state index contributed by atoms with van der Waals surface area (Å²) >= 11 is 5.89. The van der Waals surface area contributed by atoms with Crippen LogP contribution >= 0.6 is 11.6 Å². The van der Waals surface area contributed by atoms with E-state index in [0.29, 0.717) is 28.5 Å². The van der Waals surface area contributed by atoms with Crippen molar-refractivity contribution < 1.29 is 8.42 Å². The van der Waals surface area contributed by atoms with Gasteiger partial charge in [0.25, 0.3) is 10.0 Å². The quantitative estimate of drug-likeness (QED) is 0.832. The zero-order valence-corrected chi connectivity index (χ0v) is 15.0. The molecule has 124 valence electrons. The normalized spacial score (nSPS) is 16.2. The van der Waals surface area contributed by atoms with Crippen LogP contribution in [0.25, 0.3) is 4.91 Å². The van der Waals surface area contributed by atoms with Crippen LogP contribution in [0.15, 0.2) is 64.6 Å². The molecule has 0 amide bonds. The minimum atomic E-state index is -3.71. The molecule has 2 aromatic rings. The Labute approximate surface area is 147 Å². The van der Waals surface area contributed by atoms with E-state index in [1.165, 1.54) is 0 Å². The zero-order chi connectivity index (χ0) is 17.3. The lowest BCUT2D eigenvalue weighted by Crippen LogP contribution is -2.26. The van der Waals surface area contributed by atoms with Crippen LogP contribution in [0.5, 0.6) is 0 Å². The van der Waals surface area contributed by atoms with Crippen molar-refractivity contribution in [2.75, 3.05) is 7.05 Å². The van der Waals surface area contributed by atoms with Crippen LogP contribution in [0.1, 0.15) is 18.1 Å². The maximum atomic E-state index is 12.5. The van der Waals surface area contributed by atoms with Gasteiger partial charge in [-0.05, 0) is 30.2 Å². The van der Waals surface area contributed by atoms with E-state index in [0.717, 1.165) is 5.56 Å².